The fourth-order valence-electron chi connectivity index (χ4n) is 3.18. The summed E-state index contributed by atoms with van der Waals surface area (Å²) in [5.41, 5.74) is 1.30. The van der Waals surface area contributed by atoms with Crippen molar-refractivity contribution in [3.63, 3.8) is 0 Å². The maximum absolute atomic E-state index is 13.0. The number of rotatable bonds is 8. The molecule has 182 valence electrons. The standard InChI is InChI=1S/C22H23F3N4O4S/c1-15-4-7-17(8-5-15)27-34(31,32)19-12-16(6-9-18(19)33-3)21(30)28(2)13-20-26-10-11-29(20)14-22(23,24)25/h4-12,27H,13-14H2,1-3H3. The number of anilines is 1. The number of benzene rings is 2. The molecule has 1 aromatic heterocycles. The molecule has 0 aliphatic carbocycles. The summed E-state index contributed by atoms with van der Waals surface area (Å²) in [5.74, 6) is -0.536. The zero-order chi connectivity index (χ0) is 25.1. The van der Waals surface area contributed by atoms with Crippen LogP contribution in [0.15, 0.2) is 59.8 Å². The number of sulfonamides is 1. The van der Waals surface area contributed by atoms with Crippen molar-refractivity contribution in [2.24, 2.45) is 0 Å². The first-order chi connectivity index (χ1) is 15.9. The second-order valence-electron chi connectivity index (χ2n) is 7.58. The molecule has 0 aliphatic heterocycles. The number of nitrogens with one attached hydrogen (secondary N) is 1. The van der Waals surface area contributed by atoms with Crippen LogP contribution < -0.4 is 9.46 Å². The third-order valence-corrected chi connectivity index (χ3v) is 6.28. The Hall–Kier alpha value is -3.54. The predicted molar refractivity (Wildman–Crippen MR) is 119 cm³/mol. The number of imidazole rings is 1. The van der Waals surface area contributed by atoms with Gasteiger partial charge in [0.1, 0.15) is 23.0 Å². The van der Waals surface area contributed by atoms with E-state index < -0.39 is 28.7 Å². The van der Waals surface area contributed by atoms with Gasteiger partial charge in [0.15, 0.2) is 0 Å². The Morgan fingerprint density at radius 3 is 2.47 bits per heavy atom. The van der Waals surface area contributed by atoms with Crippen LogP contribution in [0.25, 0.3) is 0 Å². The van der Waals surface area contributed by atoms with Gasteiger partial charge >= 0.3 is 6.18 Å². The highest BCUT2D eigenvalue weighted by molar-refractivity contribution is 7.92. The fourth-order valence-corrected chi connectivity index (χ4v) is 4.44. The van der Waals surface area contributed by atoms with Gasteiger partial charge in [-0.25, -0.2) is 13.4 Å². The molecule has 1 N–H and O–H groups in total. The third-order valence-electron chi connectivity index (χ3n) is 4.88. The molecule has 0 saturated heterocycles. The minimum atomic E-state index is -4.44. The van der Waals surface area contributed by atoms with Crippen molar-refractivity contribution >= 4 is 21.6 Å². The Labute approximate surface area is 195 Å². The number of nitrogens with zero attached hydrogens (tertiary/aromatic N) is 3. The number of aryl methyl sites for hydroxylation is 1. The molecule has 3 rings (SSSR count). The number of methoxy groups -OCH3 is 1. The molecule has 0 bridgehead atoms. The molecule has 3 aromatic rings. The summed E-state index contributed by atoms with van der Waals surface area (Å²) in [4.78, 5) is 17.7. The second kappa shape index (κ2) is 9.75. The first kappa shape index (κ1) is 25.1. The summed E-state index contributed by atoms with van der Waals surface area (Å²) in [6.07, 6.45) is -2.05. The van der Waals surface area contributed by atoms with Crippen molar-refractivity contribution < 1.29 is 31.1 Å². The van der Waals surface area contributed by atoms with E-state index in [1.165, 1.54) is 38.7 Å². The second-order valence-corrected chi connectivity index (χ2v) is 9.24. The van der Waals surface area contributed by atoms with E-state index in [1.54, 1.807) is 24.3 Å². The van der Waals surface area contributed by atoms with E-state index in [0.717, 1.165) is 21.1 Å². The van der Waals surface area contributed by atoms with Gasteiger partial charge < -0.3 is 14.2 Å². The van der Waals surface area contributed by atoms with Crippen LogP contribution in [0.2, 0.25) is 0 Å². The summed E-state index contributed by atoms with van der Waals surface area (Å²) in [5, 5.41) is 0. The number of hydrogen-bond acceptors (Lipinski definition) is 5. The molecule has 0 spiro atoms. The van der Waals surface area contributed by atoms with E-state index in [2.05, 4.69) is 9.71 Å². The van der Waals surface area contributed by atoms with E-state index in [1.807, 2.05) is 6.92 Å². The van der Waals surface area contributed by atoms with Crippen LogP contribution in [0.3, 0.4) is 0 Å². The van der Waals surface area contributed by atoms with Crippen molar-refractivity contribution in [1.82, 2.24) is 14.5 Å². The molecule has 12 heteroatoms. The Morgan fingerprint density at radius 1 is 1.18 bits per heavy atom. The Kier molecular flexibility index (Phi) is 7.20. The summed E-state index contributed by atoms with van der Waals surface area (Å²) < 4.78 is 72.8. The SMILES string of the molecule is COc1ccc(C(=O)N(C)Cc2nccn2CC(F)(F)F)cc1S(=O)(=O)Nc1ccc(C)cc1. The van der Waals surface area contributed by atoms with E-state index in [4.69, 9.17) is 4.74 Å². The molecule has 8 nitrogen and oxygen atoms in total. The summed E-state index contributed by atoms with van der Waals surface area (Å²) in [6, 6.07) is 10.6. The van der Waals surface area contributed by atoms with Crippen molar-refractivity contribution in [2.75, 3.05) is 18.9 Å². The summed E-state index contributed by atoms with van der Waals surface area (Å²) in [6.45, 7) is 0.417. The van der Waals surface area contributed by atoms with E-state index in [0.29, 0.717) is 5.69 Å². The van der Waals surface area contributed by atoms with Gasteiger partial charge in [-0.05, 0) is 37.3 Å². The number of hydrogen-bond donors (Lipinski definition) is 1. The van der Waals surface area contributed by atoms with E-state index in [9.17, 15) is 26.4 Å². The summed E-state index contributed by atoms with van der Waals surface area (Å²) >= 11 is 0. The molecular formula is C22H23F3N4O4S. The Morgan fingerprint density at radius 2 is 1.85 bits per heavy atom. The Balaban J connectivity index is 1.85. The molecule has 0 atom stereocenters. The first-order valence-corrected chi connectivity index (χ1v) is 11.5. The van der Waals surface area contributed by atoms with Crippen LogP contribution in [0, 0.1) is 6.92 Å². The number of aromatic nitrogens is 2. The Bertz CT molecular complexity index is 1270. The lowest BCUT2D eigenvalue weighted by atomic mass is 10.2. The third kappa shape index (κ3) is 6.07. The molecule has 1 heterocycles. The zero-order valence-corrected chi connectivity index (χ0v) is 19.4. The fraction of sp³-hybridized carbons (Fsp3) is 0.273. The number of ether oxygens (including phenoxy) is 1. The number of carbonyl (C=O) groups is 1. The maximum Gasteiger partial charge on any atom is 0.406 e. The lowest BCUT2D eigenvalue weighted by Crippen LogP contribution is -2.29. The molecule has 0 unspecified atom stereocenters. The monoisotopic (exact) mass is 496 g/mol. The van der Waals surface area contributed by atoms with Crippen LogP contribution in [0.1, 0.15) is 21.7 Å². The predicted octanol–water partition coefficient (Wildman–Crippen LogP) is 3.84. The molecule has 34 heavy (non-hydrogen) atoms. The molecule has 0 radical (unpaired) electrons. The lowest BCUT2D eigenvalue weighted by molar-refractivity contribution is -0.141. The van der Waals surface area contributed by atoms with E-state index >= 15 is 0 Å². The van der Waals surface area contributed by atoms with Crippen LogP contribution in [-0.4, -0.2) is 49.1 Å². The minimum Gasteiger partial charge on any atom is -0.495 e. The first-order valence-electron chi connectivity index (χ1n) is 9.99. The molecule has 0 fully saturated rings. The maximum atomic E-state index is 13.0. The van der Waals surface area contributed by atoms with Crippen molar-refractivity contribution in [2.45, 2.75) is 31.1 Å². The van der Waals surface area contributed by atoms with Gasteiger partial charge in [0.25, 0.3) is 15.9 Å². The zero-order valence-electron chi connectivity index (χ0n) is 18.6. The highest BCUT2D eigenvalue weighted by Gasteiger charge is 2.29. The quantitative estimate of drug-likeness (QED) is 0.512. The van der Waals surface area contributed by atoms with E-state index in [-0.39, 0.29) is 28.6 Å². The largest absolute Gasteiger partial charge is 0.495 e. The molecular weight excluding hydrogens is 473 g/mol. The van der Waals surface area contributed by atoms with Crippen molar-refractivity contribution in [1.29, 1.82) is 0 Å². The highest BCUT2D eigenvalue weighted by atomic mass is 32.2. The van der Waals surface area contributed by atoms with Crippen LogP contribution in [0.4, 0.5) is 18.9 Å². The van der Waals surface area contributed by atoms with Gasteiger partial charge in [-0.2, -0.15) is 13.2 Å². The summed E-state index contributed by atoms with van der Waals surface area (Å²) in [7, 11) is -1.43. The molecule has 0 aliphatic rings. The molecule has 0 saturated carbocycles. The molecule has 1 amide bonds. The van der Waals surface area contributed by atoms with Crippen LogP contribution >= 0.6 is 0 Å². The highest BCUT2D eigenvalue weighted by Crippen LogP contribution is 2.28. The minimum absolute atomic E-state index is 0.0153. The smallest absolute Gasteiger partial charge is 0.406 e. The topological polar surface area (TPSA) is 93.5 Å². The van der Waals surface area contributed by atoms with Crippen LogP contribution in [0.5, 0.6) is 5.75 Å². The van der Waals surface area contributed by atoms with Gasteiger partial charge in [0.2, 0.25) is 0 Å². The van der Waals surface area contributed by atoms with Gasteiger partial charge in [0, 0.05) is 30.7 Å². The molecule has 2 aromatic carbocycles. The lowest BCUT2D eigenvalue weighted by Gasteiger charge is -2.19. The van der Waals surface area contributed by atoms with Gasteiger partial charge in [-0.15, -0.1) is 0 Å². The van der Waals surface area contributed by atoms with Gasteiger partial charge in [-0.3, -0.25) is 9.52 Å². The van der Waals surface area contributed by atoms with Crippen LogP contribution in [-0.2, 0) is 23.1 Å². The number of alkyl halides is 3. The number of halogens is 3. The van der Waals surface area contributed by atoms with Gasteiger partial charge in [0.05, 0.1) is 13.7 Å². The van der Waals surface area contributed by atoms with Crippen molar-refractivity contribution in [3.05, 3.63) is 71.8 Å². The van der Waals surface area contributed by atoms with Crippen molar-refractivity contribution in [3.8, 4) is 5.75 Å². The average molecular weight is 497 g/mol. The number of carbonyl (C=O) groups excluding carboxylic acids is 1. The van der Waals surface area contributed by atoms with Gasteiger partial charge in [-0.1, -0.05) is 17.7 Å². The number of amides is 1. The normalized spacial score (nSPS) is 11.8. The average Bonchev–Trinajstić information content (AvgIpc) is 3.18.